The summed E-state index contributed by atoms with van der Waals surface area (Å²) < 4.78 is 29.3. The molecular formula is C35H46ClF2N5O3. The van der Waals surface area contributed by atoms with Gasteiger partial charge in [-0.05, 0) is 57.0 Å². The fraction of sp³-hybridized carbons (Fsp3) is 0.571. The Morgan fingerprint density at radius 3 is 2.13 bits per heavy atom. The number of nitrogens with one attached hydrogen (secondary N) is 1. The Hall–Kier alpha value is -3.08. The maximum Gasteiger partial charge on any atom is 0.245 e. The quantitative estimate of drug-likeness (QED) is 0.495. The van der Waals surface area contributed by atoms with Crippen LogP contribution in [0.4, 0.5) is 14.5 Å². The number of hydrogen-bond donors (Lipinski definition) is 1. The van der Waals surface area contributed by atoms with Crippen molar-refractivity contribution >= 4 is 35.0 Å². The minimum absolute atomic E-state index is 0.0549. The summed E-state index contributed by atoms with van der Waals surface area (Å²) >= 11 is 6.21. The Kier molecular flexibility index (Phi) is 9.83. The lowest BCUT2D eigenvalue weighted by molar-refractivity contribution is -0.146. The zero-order valence-electron chi connectivity index (χ0n) is 27.7. The average Bonchev–Trinajstić information content (AvgIpc) is 3.64. The Bertz CT molecular complexity index is 1450. The predicted octanol–water partition coefficient (Wildman–Crippen LogP) is 4.91. The smallest absolute Gasteiger partial charge is 0.245 e. The first kappa shape index (κ1) is 34.3. The molecule has 5 rings (SSSR count). The van der Waals surface area contributed by atoms with Gasteiger partial charge in [0, 0.05) is 73.8 Å². The molecular weight excluding hydrogens is 612 g/mol. The molecule has 46 heavy (non-hydrogen) atoms. The number of nitrogens with zero attached hydrogens (tertiary/aromatic N) is 4. The fourth-order valence-corrected chi connectivity index (χ4v) is 7.07. The number of halogens is 3. The van der Waals surface area contributed by atoms with Gasteiger partial charge in [0.15, 0.2) is 0 Å². The van der Waals surface area contributed by atoms with Gasteiger partial charge in [-0.25, -0.2) is 8.78 Å². The number of likely N-dealkylation sites (tertiary alicyclic amines) is 2. The van der Waals surface area contributed by atoms with Crippen LogP contribution >= 0.6 is 11.6 Å². The molecule has 0 aromatic heterocycles. The van der Waals surface area contributed by atoms with E-state index in [1.807, 2.05) is 24.3 Å². The van der Waals surface area contributed by atoms with E-state index in [0.717, 1.165) is 17.7 Å². The topological polar surface area (TPSA) is 76.2 Å². The van der Waals surface area contributed by atoms with Crippen LogP contribution < -0.4 is 10.2 Å². The van der Waals surface area contributed by atoms with Crippen LogP contribution in [0.25, 0.3) is 0 Å². The summed E-state index contributed by atoms with van der Waals surface area (Å²) in [7, 11) is 0. The van der Waals surface area contributed by atoms with Crippen molar-refractivity contribution in [3.63, 3.8) is 0 Å². The van der Waals surface area contributed by atoms with E-state index in [-0.39, 0.29) is 47.8 Å². The van der Waals surface area contributed by atoms with Crippen LogP contribution in [-0.2, 0) is 14.4 Å². The Labute approximate surface area is 276 Å². The first-order valence-electron chi connectivity index (χ1n) is 16.2. The third-order valence-electron chi connectivity index (χ3n) is 9.55. The molecule has 3 aliphatic rings. The van der Waals surface area contributed by atoms with Gasteiger partial charge < -0.3 is 20.0 Å². The minimum atomic E-state index is -0.908. The molecule has 3 fully saturated rings. The summed E-state index contributed by atoms with van der Waals surface area (Å²) in [5, 5.41) is 3.87. The van der Waals surface area contributed by atoms with Crippen LogP contribution in [0.3, 0.4) is 0 Å². The molecule has 4 atom stereocenters. The highest BCUT2D eigenvalue weighted by molar-refractivity contribution is 6.30. The lowest BCUT2D eigenvalue weighted by Gasteiger charge is -2.35. The van der Waals surface area contributed by atoms with Gasteiger partial charge in [-0.1, -0.05) is 44.5 Å². The van der Waals surface area contributed by atoms with Gasteiger partial charge in [0.05, 0.1) is 17.6 Å². The Morgan fingerprint density at radius 1 is 0.891 bits per heavy atom. The van der Waals surface area contributed by atoms with Crippen LogP contribution in [0.5, 0.6) is 0 Å². The van der Waals surface area contributed by atoms with Crippen LogP contribution in [0, 0.1) is 23.0 Å². The molecule has 3 saturated heterocycles. The van der Waals surface area contributed by atoms with Crippen molar-refractivity contribution in [2.24, 2.45) is 11.3 Å². The molecule has 0 radical (unpaired) electrons. The van der Waals surface area contributed by atoms with Crippen LogP contribution in [0.15, 0.2) is 42.5 Å². The van der Waals surface area contributed by atoms with Crippen LogP contribution in [-0.4, -0.2) is 95.9 Å². The van der Waals surface area contributed by atoms with E-state index >= 15 is 4.39 Å². The van der Waals surface area contributed by atoms with E-state index in [1.165, 1.54) is 11.0 Å². The molecule has 0 unspecified atom stereocenters. The van der Waals surface area contributed by atoms with E-state index in [9.17, 15) is 18.8 Å². The molecule has 0 saturated carbocycles. The highest BCUT2D eigenvalue weighted by atomic mass is 35.5. The lowest BCUT2D eigenvalue weighted by Crippen LogP contribution is -2.54. The molecule has 0 bridgehead atoms. The molecule has 1 N–H and O–H groups in total. The minimum Gasteiger partial charge on any atom is -0.338 e. The normalized spacial score (nSPS) is 24.4. The van der Waals surface area contributed by atoms with E-state index in [0.29, 0.717) is 44.3 Å². The number of carbonyl (C=O) groups is 3. The number of amides is 3. The highest BCUT2D eigenvalue weighted by Gasteiger charge is 2.51. The van der Waals surface area contributed by atoms with Crippen molar-refractivity contribution in [2.45, 2.75) is 71.5 Å². The van der Waals surface area contributed by atoms with E-state index in [1.54, 1.807) is 30.6 Å². The summed E-state index contributed by atoms with van der Waals surface area (Å²) in [4.78, 5) is 50.0. The first-order chi connectivity index (χ1) is 21.6. The summed E-state index contributed by atoms with van der Waals surface area (Å²) in [6.07, 6.45) is 0.147. The van der Waals surface area contributed by atoms with Crippen LogP contribution in [0.2, 0.25) is 5.02 Å². The number of piperazine rings is 1. The van der Waals surface area contributed by atoms with Gasteiger partial charge in [0.2, 0.25) is 17.7 Å². The first-order valence-corrected chi connectivity index (χ1v) is 16.5. The average molecular weight is 658 g/mol. The SMILES string of the molecule is CC(C)(C)C(=O)N(c1ccc(F)cc1F)[C@H]1C[C@@H](C(=O)N2CCNCC2)N(C(=O)[C@H]2CN(C(C)(C)C)C[C@H]2c2ccc(Cl)cc2)C1. The largest absolute Gasteiger partial charge is 0.338 e. The van der Waals surface area contributed by atoms with Gasteiger partial charge in [0.25, 0.3) is 0 Å². The summed E-state index contributed by atoms with van der Waals surface area (Å²) in [6, 6.07) is 9.19. The second-order valence-electron chi connectivity index (χ2n) is 14.8. The maximum absolute atomic E-state index is 15.4. The lowest BCUT2D eigenvalue weighted by atomic mass is 9.88. The van der Waals surface area contributed by atoms with Crippen molar-refractivity contribution < 1.29 is 23.2 Å². The van der Waals surface area contributed by atoms with Gasteiger partial charge in [0.1, 0.15) is 17.7 Å². The number of hydrogen-bond acceptors (Lipinski definition) is 5. The third-order valence-corrected chi connectivity index (χ3v) is 9.81. The van der Waals surface area contributed by atoms with Gasteiger partial charge >= 0.3 is 0 Å². The molecule has 0 spiro atoms. The molecule has 250 valence electrons. The van der Waals surface area contributed by atoms with Gasteiger partial charge in [-0.3, -0.25) is 19.3 Å². The van der Waals surface area contributed by atoms with Crippen LogP contribution in [0.1, 0.15) is 59.4 Å². The zero-order chi connectivity index (χ0) is 33.6. The second kappa shape index (κ2) is 13.2. The predicted molar refractivity (Wildman–Crippen MR) is 176 cm³/mol. The van der Waals surface area contributed by atoms with Gasteiger partial charge in [-0.15, -0.1) is 0 Å². The molecule has 3 aliphatic heterocycles. The van der Waals surface area contributed by atoms with Crippen molar-refractivity contribution in [3.05, 3.63) is 64.7 Å². The summed E-state index contributed by atoms with van der Waals surface area (Å²) in [5.41, 5.74) is -0.172. The molecule has 3 amide bonds. The highest BCUT2D eigenvalue weighted by Crippen LogP contribution is 2.40. The molecule has 8 nitrogen and oxygen atoms in total. The number of carbonyl (C=O) groups excluding carboxylic acids is 3. The van der Waals surface area contributed by atoms with Crippen molar-refractivity contribution in [2.75, 3.05) is 50.7 Å². The summed E-state index contributed by atoms with van der Waals surface area (Å²) in [5.74, 6) is -2.92. The molecule has 11 heteroatoms. The number of rotatable bonds is 5. The monoisotopic (exact) mass is 657 g/mol. The maximum atomic E-state index is 15.4. The van der Waals surface area contributed by atoms with Crippen molar-refractivity contribution in [1.29, 1.82) is 0 Å². The molecule has 0 aliphatic carbocycles. The third kappa shape index (κ3) is 7.09. The Morgan fingerprint density at radius 2 is 1.54 bits per heavy atom. The van der Waals surface area contributed by atoms with Crippen molar-refractivity contribution in [3.8, 4) is 0 Å². The zero-order valence-corrected chi connectivity index (χ0v) is 28.4. The number of benzene rings is 2. The second-order valence-corrected chi connectivity index (χ2v) is 15.3. The molecule has 3 heterocycles. The van der Waals surface area contributed by atoms with Crippen molar-refractivity contribution in [1.82, 2.24) is 20.0 Å². The number of anilines is 1. The standard InChI is InChI=1S/C35H46ClF2N5O3/c1-34(2,3)33(46)43(29-12-11-24(37)17-28(29)38)25-18-30(32(45)40-15-13-39-14-16-40)42(19-25)31(44)27-21-41(35(4,5)6)20-26(27)22-7-9-23(36)10-8-22/h7-12,17,25-27,30,39H,13-16,18-21H2,1-6H3/t25-,26-,27-,30-/m0/s1. The van der Waals surface area contributed by atoms with E-state index in [2.05, 4.69) is 31.0 Å². The van der Waals surface area contributed by atoms with E-state index in [4.69, 9.17) is 11.6 Å². The van der Waals surface area contributed by atoms with E-state index < -0.39 is 35.1 Å². The Balaban J connectivity index is 1.55. The molecule has 2 aromatic carbocycles. The molecule has 2 aromatic rings. The summed E-state index contributed by atoms with van der Waals surface area (Å²) in [6.45, 7) is 15.1. The fourth-order valence-electron chi connectivity index (χ4n) is 6.95. The van der Waals surface area contributed by atoms with Gasteiger partial charge in [-0.2, -0.15) is 0 Å².